The van der Waals surface area contributed by atoms with Crippen molar-refractivity contribution in [2.75, 3.05) is 29.5 Å². The molecule has 0 aromatic heterocycles. The van der Waals surface area contributed by atoms with Crippen molar-refractivity contribution in [3.63, 3.8) is 0 Å². The number of Topliss-reactive ketones (excluding diaryl/α,β-unsaturated/α-hetero) is 1. The average molecular weight is 392 g/mol. The van der Waals surface area contributed by atoms with Crippen molar-refractivity contribution in [1.82, 2.24) is 4.90 Å². The van der Waals surface area contributed by atoms with Crippen molar-refractivity contribution in [3.8, 4) is 0 Å². The monoisotopic (exact) mass is 392 g/mol. The number of hydrogen-bond donors (Lipinski definition) is 0. The number of amides is 2. The molecule has 0 bridgehead atoms. The second-order valence-electron chi connectivity index (χ2n) is 7.19. The fraction of sp³-hybridized carbons (Fsp3) is 0.526. The molecule has 2 aliphatic rings. The Morgan fingerprint density at radius 2 is 2.04 bits per heavy atom. The second-order valence-corrected chi connectivity index (χ2v) is 9.42. The Bertz CT molecular complexity index is 880. The lowest BCUT2D eigenvalue weighted by atomic mass is 10.1. The van der Waals surface area contributed by atoms with E-state index < -0.39 is 15.8 Å². The fourth-order valence-corrected chi connectivity index (χ4v) is 5.60. The SMILES string of the molecule is CCN(C(=O)C1CC(=O)N(c2cccc(C(C)=O)c2)C1)C1CCS(=O)(=O)C1. The van der Waals surface area contributed by atoms with Crippen LogP contribution in [0, 0.1) is 5.92 Å². The smallest absolute Gasteiger partial charge is 0.228 e. The summed E-state index contributed by atoms with van der Waals surface area (Å²) >= 11 is 0. The molecule has 2 unspecified atom stereocenters. The third-order valence-electron chi connectivity index (χ3n) is 5.31. The average Bonchev–Trinajstić information content (AvgIpc) is 3.18. The van der Waals surface area contributed by atoms with Gasteiger partial charge in [-0.3, -0.25) is 14.4 Å². The molecule has 2 amide bonds. The molecule has 7 nitrogen and oxygen atoms in total. The number of ketones is 1. The molecule has 1 aromatic carbocycles. The van der Waals surface area contributed by atoms with Gasteiger partial charge in [0.2, 0.25) is 11.8 Å². The molecule has 0 N–H and O–H groups in total. The number of nitrogens with zero attached hydrogens (tertiary/aromatic N) is 2. The number of rotatable bonds is 5. The highest BCUT2D eigenvalue weighted by Gasteiger charge is 2.41. The number of carbonyl (C=O) groups is 3. The molecular weight excluding hydrogens is 368 g/mol. The molecule has 146 valence electrons. The van der Waals surface area contributed by atoms with E-state index in [0.717, 1.165) is 0 Å². The number of sulfone groups is 1. The highest BCUT2D eigenvalue weighted by molar-refractivity contribution is 7.91. The van der Waals surface area contributed by atoms with Crippen molar-refractivity contribution in [1.29, 1.82) is 0 Å². The zero-order chi connectivity index (χ0) is 19.8. The van der Waals surface area contributed by atoms with E-state index in [1.54, 1.807) is 29.2 Å². The maximum atomic E-state index is 13.0. The summed E-state index contributed by atoms with van der Waals surface area (Å²) in [5.74, 6) is -0.813. The highest BCUT2D eigenvalue weighted by Crippen LogP contribution is 2.29. The molecule has 0 spiro atoms. The summed E-state index contributed by atoms with van der Waals surface area (Å²) in [6.45, 7) is 3.96. The molecule has 8 heteroatoms. The lowest BCUT2D eigenvalue weighted by Gasteiger charge is -2.29. The number of carbonyl (C=O) groups excluding carboxylic acids is 3. The van der Waals surface area contributed by atoms with Crippen LogP contribution < -0.4 is 4.90 Å². The molecule has 2 fully saturated rings. The van der Waals surface area contributed by atoms with Gasteiger partial charge < -0.3 is 9.80 Å². The van der Waals surface area contributed by atoms with Crippen LogP contribution in [0.15, 0.2) is 24.3 Å². The van der Waals surface area contributed by atoms with Gasteiger partial charge in [-0.1, -0.05) is 12.1 Å². The molecule has 2 saturated heterocycles. The van der Waals surface area contributed by atoms with Gasteiger partial charge in [0.15, 0.2) is 15.6 Å². The van der Waals surface area contributed by atoms with E-state index in [4.69, 9.17) is 0 Å². The van der Waals surface area contributed by atoms with Crippen LogP contribution in [-0.4, -0.2) is 61.6 Å². The van der Waals surface area contributed by atoms with Gasteiger partial charge in [0.25, 0.3) is 0 Å². The van der Waals surface area contributed by atoms with Crippen LogP contribution in [0.3, 0.4) is 0 Å². The van der Waals surface area contributed by atoms with Crippen LogP contribution in [0.5, 0.6) is 0 Å². The van der Waals surface area contributed by atoms with Crippen LogP contribution in [-0.2, 0) is 19.4 Å². The van der Waals surface area contributed by atoms with E-state index in [-0.39, 0.29) is 48.1 Å². The summed E-state index contributed by atoms with van der Waals surface area (Å²) in [6, 6.07) is 6.51. The van der Waals surface area contributed by atoms with E-state index in [2.05, 4.69) is 0 Å². The van der Waals surface area contributed by atoms with E-state index in [0.29, 0.717) is 24.2 Å². The van der Waals surface area contributed by atoms with E-state index in [1.165, 1.54) is 11.8 Å². The second kappa shape index (κ2) is 7.42. The number of hydrogen-bond acceptors (Lipinski definition) is 5. The molecule has 3 rings (SSSR count). The Morgan fingerprint density at radius 1 is 1.30 bits per heavy atom. The van der Waals surface area contributed by atoms with Gasteiger partial charge in [-0.25, -0.2) is 8.42 Å². The first-order chi connectivity index (χ1) is 12.7. The Kier molecular flexibility index (Phi) is 5.37. The maximum absolute atomic E-state index is 13.0. The minimum absolute atomic E-state index is 0.00236. The predicted octanol–water partition coefficient (Wildman–Crippen LogP) is 1.28. The van der Waals surface area contributed by atoms with Crippen LogP contribution in [0.2, 0.25) is 0 Å². The Balaban J connectivity index is 1.75. The standard InChI is InChI=1S/C19H24N2O5S/c1-3-20(17-7-8-27(25,26)12-17)19(24)15-10-18(23)21(11-15)16-6-4-5-14(9-16)13(2)22/h4-6,9,15,17H,3,7-8,10-12H2,1-2H3. The first-order valence-electron chi connectivity index (χ1n) is 9.14. The zero-order valence-corrected chi connectivity index (χ0v) is 16.4. The minimum atomic E-state index is -3.09. The number of anilines is 1. The van der Waals surface area contributed by atoms with Crippen molar-refractivity contribution >= 4 is 33.1 Å². The van der Waals surface area contributed by atoms with Crippen molar-refractivity contribution in [2.45, 2.75) is 32.7 Å². The van der Waals surface area contributed by atoms with Gasteiger partial charge in [-0.2, -0.15) is 0 Å². The topological polar surface area (TPSA) is 91.8 Å². The first-order valence-corrected chi connectivity index (χ1v) is 11.0. The lowest BCUT2D eigenvalue weighted by molar-refractivity contribution is -0.137. The van der Waals surface area contributed by atoms with E-state index >= 15 is 0 Å². The first kappa shape index (κ1) is 19.5. The molecule has 0 aliphatic carbocycles. The normalized spacial score (nSPS) is 24.2. The quantitative estimate of drug-likeness (QED) is 0.704. The van der Waals surface area contributed by atoms with Crippen molar-refractivity contribution < 1.29 is 22.8 Å². The van der Waals surface area contributed by atoms with Crippen molar-refractivity contribution in [3.05, 3.63) is 29.8 Å². The molecule has 2 heterocycles. The van der Waals surface area contributed by atoms with Crippen LogP contribution in [0.1, 0.15) is 37.0 Å². The summed E-state index contributed by atoms with van der Waals surface area (Å²) in [6.07, 6.45) is 0.548. The summed E-state index contributed by atoms with van der Waals surface area (Å²) in [7, 11) is -3.09. The summed E-state index contributed by atoms with van der Waals surface area (Å²) in [5.41, 5.74) is 1.12. The minimum Gasteiger partial charge on any atom is -0.339 e. The molecule has 1 aromatic rings. The van der Waals surface area contributed by atoms with E-state index in [1.807, 2.05) is 6.92 Å². The predicted molar refractivity (Wildman–Crippen MR) is 101 cm³/mol. The molecule has 0 radical (unpaired) electrons. The van der Waals surface area contributed by atoms with Gasteiger partial charge in [-0.15, -0.1) is 0 Å². The fourth-order valence-electron chi connectivity index (χ4n) is 3.87. The van der Waals surface area contributed by atoms with Crippen molar-refractivity contribution in [2.24, 2.45) is 5.92 Å². The molecule has 2 aliphatic heterocycles. The summed E-state index contributed by atoms with van der Waals surface area (Å²) in [5, 5.41) is 0. The third-order valence-corrected chi connectivity index (χ3v) is 7.06. The third kappa shape index (κ3) is 4.05. The van der Waals surface area contributed by atoms with Gasteiger partial charge in [0, 0.05) is 36.8 Å². The summed E-state index contributed by atoms with van der Waals surface area (Å²) in [4.78, 5) is 40.2. The van der Waals surface area contributed by atoms with E-state index in [9.17, 15) is 22.8 Å². The molecule has 0 saturated carbocycles. The highest BCUT2D eigenvalue weighted by atomic mass is 32.2. The largest absolute Gasteiger partial charge is 0.339 e. The molecule has 27 heavy (non-hydrogen) atoms. The van der Waals surface area contributed by atoms with Gasteiger partial charge >= 0.3 is 0 Å². The van der Waals surface area contributed by atoms with Gasteiger partial charge in [-0.05, 0) is 32.4 Å². The lowest BCUT2D eigenvalue weighted by Crippen LogP contribution is -2.44. The number of benzene rings is 1. The van der Waals surface area contributed by atoms with Gasteiger partial charge in [0.1, 0.15) is 0 Å². The molecule has 2 atom stereocenters. The Hall–Kier alpha value is -2.22. The molecular formula is C19H24N2O5S. The Morgan fingerprint density at radius 3 is 2.63 bits per heavy atom. The summed E-state index contributed by atoms with van der Waals surface area (Å²) < 4.78 is 23.5. The van der Waals surface area contributed by atoms with Crippen LogP contribution >= 0.6 is 0 Å². The zero-order valence-electron chi connectivity index (χ0n) is 15.6. The van der Waals surface area contributed by atoms with Crippen LogP contribution in [0.25, 0.3) is 0 Å². The Labute approximate surface area is 159 Å². The van der Waals surface area contributed by atoms with Crippen LogP contribution in [0.4, 0.5) is 5.69 Å². The maximum Gasteiger partial charge on any atom is 0.228 e. The van der Waals surface area contributed by atoms with Gasteiger partial charge in [0.05, 0.1) is 17.4 Å².